The topological polar surface area (TPSA) is 55.1 Å². The molecule has 4 nitrogen and oxygen atoms in total. The molecule has 1 rings (SSSR count). The molecular formula is C10H8ClF3N2O2. The summed E-state index contributed by atoms with van der Waals surface area (Å²) in [5, 5.41) is 8.57. The third kappa shape index (κ3) is 3.67. The van der Waals surface area contributed by atoms with E-state index in [9.17, 15) is 13.2 Å². The second kappa shape index (κ2) is 5.78. The Balaban J connectivity index is 3.22. The van der Waals surface area contributed by atoms with Crippen LogP contribution in [0.5, 0.6) is 11.6 Å². The Kier molecular flexibility index (Phi) is 4.62. The van der Waals surface area contributed by atoms with E-state index in [-0.39, 0.29) is 23.9 Å². The summed E-state index contributed by atoms with van der Waals surface area (Å²) in [5.41, 5.74) is 0.553. The minimum absolute atomic E-state index is 0.0787. The number of pyridine rings is 1. The molecule has 0 aliphatic heterocycles. The Morgan fingerprint density at radius 1 is 1.50 bits per heavy atom. The van der Waals surface area contributed by atoms with Crippen LogP contribution in [0.2, 0.25) is 0 Å². The lowest BCUT2D eigenvalue weighted by Crippen LogP contribution is -2.18. The van der Waals surface area contributed by atoms with Crippen molar-refractivity contribution in [3.63, 3.8) is 0 Å². The van der Waals surface area contributed by atoms with Crippen molar-refractivity contribution in [1.82, 2.24) is 4.98 Å². The van der Waals surface area contributed by atoms with E-state index in [1.807, 2.05) is 6.07 Å². The molecule has 98 valence electrons. The van der Waals surface area contributed by atoms with E-state index < -0.39 is 12.1 Å². The summed E-state index contributed by atoms with van der Waals surface area (Å²) in [6.45, 7) is 0. The zero-order valence-corrected chi connectivity index (χ0v) is 9.97. The van der Waals surface area contributed by atoms with Gasteiger partial charge in [0.1, 0.15) is 0 Å². The summed E-state index contributed by atoms with van der Waals surface area (Å²) in [4.78, 5) is 3.78. The lowest BCUT2D eigenvalue weighted by Gasteiger charge is -2.14. The molecule has 0 bridgehead atoms. The Morgan fingerprint density at radius 3 is 2.61 bits per heavy atom. The third-order valence-electron chi connectivity index (χ3n) is 1.93. The van der Waals surface area contributed by atoms with Crippen LogP contribution in [-0.2, 0) is 12.3 Å². The van der Waals surface area contributed by atoms with Gasteiger partial charge in [-0.2, -0.15) is 5.26 Å². The van der Waals surface area contributed by atoms with Gasteiger partial charge in [0.2, 0.25) is 0 Å². The fourth-order valence-corrected chi connectivity index (χ4v) is 1.47. The first-order valence-corrected chi connectivity index (χ1v) is 5.20. The molecule has 0 fully saturated rings. The van der Waals surface area contributed by atoms with Crippen LogP contribution in [-0.4, -0.2) is 18.5 Å². The number of rotatable bonds is 4. The summed E-state index contributed by atoms with van der Waals surface area (Å²) in [6.07, 6.45) is -4.93. The first-order valence-electron chi connectivity index (χ1n) is 4.66. The second-order valence-corrected chi connectivity index (χ2v) is 3.39. The molecule has 18 heavy (non-hydrogen) atoms. The lowest BCUT2D eigenvalue weighted by molar-refractivity contribution is -0.275. The first-order chi connectivity index (χ1) is 8.41. The summed E-state index contributed by atoms with van der Waals surface area (Å²) in [6, 6.07) is 2.91. The summed E-state index contributed by atoms with van der Waals surface area (Å²) < 4.78 is 44.9. The predicted molar refractivity (Wildman–Crippen MR) is 56.3 cm³/mol. The minimum Gasteiger partial charge on any atom is -0.478 e. The number of nitriles is 1. The highest BCUT2D eigenvalue weighted by atomic mass is 35.5. The number of hydrogen-bond donors (Lipinski definition) is 0. The Bertz CT molecular complexity index is 471. The highest BCUT2D eigenvalue weighted by Gasteiger charge is 2.33. The zero-order chi connectivity index (χ0) is 13.8. The Labute approximate surface area is 106 Å². The van der Waals surface area contributed by atoms with Gasteiger partial charge < -0.3 is 9.47 Å². The van der Waals surface area contributed by atoms with Crippen LogP contribution in [0.15, 0.2) is 6.07 Å². The molecule has 0 spiro atoms. The summed E-state index contributed by atoms with van der Waals surface area (Å²) in [7, 11) is 1.15. The molecule has 1 heterocycles. The van der Waals surface area contributed by atoms with Gasteiger partial charge in [-0.15, -0.1) is 24.8 Å². The molecule has 0 aliphatic carbocycles. The van der Waals surface area contributed by atoms with Gasteiger partial charge in [-0.05, 0) is 11.6 Å². The number of nitrogens with zero attached hydrogens (tertiary/aromatic N) is 2. The highest BCUT2D eigenvalue weighted by Crippen LogP contribution is 2.32. The van der Waals surface area contributed by atoms with Gasteiger partial charge in [0, 0.05) is 5.88 Å². The van der Waals surface area contributed by atoms with E-state index in [0.29, 0.717) is 5.56 Å². The monoisotopic (exact) mass is 280 g/mol. The van der Waals surface area contributed by atoms with Gasteiger partial charge in [0.05, 0.1) is 25.3 Å². The van der Waals surface area contributed by atoms with Gasteiger partial charge in [-0.25, -0.2) is 4.98 Å². The van der Waals surface area contributed by atoms with Gasteiger partial charge in [-0.1, -0.05) is 0 Å². The number of halogens is 4. The molecule has 0 aromatic carbocycles. The molecule has 0 amide bonds. The van der Waals surface area contributed by atoms with Crippen LogP contribution >= 0.6 is 11.6 Å². The molecule has 0 atom stereocenters. The van der Waals surface area contributed by atoms with Crippen LogP contribution in [0.25, 0.3) is 0 Å². The molecule has 0 saturated carbocycles. The predicted octanol–water partition coefficient (Wildman–Crippen LogP) is 2.79. The van der Waals surface area contributed by atoms with Crippen molar-refractivity contribution < 1.29 is 22.6 Å². The van der Waals surface area contributed by atoms with Crippen molar-refractivity contribution in [3.05, 3.63) is 17.3 Å². The fourth-order valence-electron chi connectivity index (χ4n) is 1.24. The van der Waals surface area contributed by atoms with Crippen molar-refractivity contribution in [1.29, 1.82) is 5.26 Å². The zero-order valence-electron chi connectivity index (χ0n) is 9.21. The molecule has 1 aromatic heterocycles. The minimum atomic E-state index is -4.85. The molecule has 0 saturated heterocycles. The molecule has 0 radical (unpaired) electrons. The van der Waals surface area contributed by atoms with E-state index >= 15 is 0 Å². The van der Waals surface area contributed by atoms with Crippen LogP contribution in [0, 0.1) is 11.3 Å². The number of alkyl halides is 4. The van der Waals surface area contributed by atoms with Gasteiger partial charge >= 0.3 is 6.36 Å². The largest absolute Gasteiger partial charge is 0.573 e. The van der Waals surface area contributed by atoms with Crippen molar-refractivity contribution in [3.8, 4) is 17.7 Å². The van der Waals surface area contributed by atoms with Crippen molar-refractivity contribution >= 4 is 11.6 Å². The van der Waals surface area contributed by atoms with Crippen molar-refractivity contribution in [2.24, 2.45) is 0 Å². The standard InChI is InChI=1S/C10H8ClF3N2O2/c1-17-9-8(18-10(12,13)14)4-6(5-11)7(16-9)2-3-15/h4H,2,5H2,1H3. The Morgan fingerprint density at radius 2 is 2.17 bits per heavy atom. The highest BCUT2D eigenvalue weighted by molar-refractivity contribution is 6.17. The number of ether oxygens (including phenoxy) is 2. The normalized spacial score (nSPS) is 10.9. The van der Waals surface area contributed by atoms with Crippen molar-refractivity contribution in [2.75, 3.05) is 7.11 Å². The molecule has 0 unspecified atom stereocenters. The van der Waals surface area contributed by atoms with Gasteiger partial charge in [-0.3, -0.25) is 0 Å². The van der Waals surface area contributed by atoms with E-state index in [0.717, 1.165) is 13.2 Å². The smallest absolute Gasteiger partial charge is 0.478 e. The first kappa shape index (κ1) is 14.4. The average molecular weight is 281 g/mol. The molecule has 8 heteroatoms. The van der Waals surface area contributed by atoms with Crippen LogP contribution < -0.4 is 9.47 Å². The maximum absolute atomic E-state index is 12.2. The summed E-state index contributed by atoms with van der Waals surface area (Å²) >= 11 is 5.58. The van der Waals surface area contributed by atoms with Crippen LogP contribution in [0.3, 0.4) is 0 Å². The van der Waals surface area contributed by atoms with E-state index in [2.05, 4.69) is 14.5 Å². The Hall–Kier alpha value is -1.68. The molecule has 0 aliphatic rings. The fraction of sp³-hybridized carbons (Fsp3) is 0.400. The van der Waals surface area contributed by atoms with E-state index in [1.54, 1.807) is 0 Å². The quantitative estimate of drug-likeness (QED) is 0.796. The van der Waals surface area contributed by atoms with Gasteiger partial charge in [0.15, 0.2) is 5.75 Å². The van der Waals surface area contributed by atoms with Crippen LogP contribution in [0.4, 0.5) is 13.2 Å². The maximum Gasteiger partial charge on any atom is 0.573 e. The second-order valence-electron chi connectivity index (χ2n) is 3.12. The van der Waals surface area contributed by atoms with Crippen LogP contribution in [0.1, 0.15) is 11.3 Å². The number of methoxy groups -OCH3 is 1. The lowest BCUT2D eigenvalue weighted by atomic mass is 10.1. The van der Waals surface area contributed by atoms with E-state index in [4.69, 9.17) is 16.9 Å². The molecule has 1 aromatic rings. The molecular weight excluding hydrogens is 273 g/mol. The third-order valence-corrected chi connectivity index (χ3v) is 2.22. The maximum atomic E-state index is 12.2. The average Bonchev–Trinajstić information content (AvgIpc) is 2.28. The SMILES string of the molecule is COc1nc(CC#N)c(CCl)cc1OC(F)(F)F. The summed E-state index contributed by atoms with van der Waals surface area (Å²) in [5.74, 6) is -1.00. The number of aromatic nitrogens is 1. The van der Waals surface area contributed by atoms with Gasteiger partial charge in [0.25, 0.3) is 5.88 Å². The molecule has 0 N–H and O–H groups in total. The number of hydrogen-bond acceptors (Lipinski definition) is 4. The van der Waals surface area contributed by atoms with E-state index in [1.165, 1.54) is 0 Å². The van der Waals surface area contributed by atoms with Crippen molar-refractivity contribution in [2.45, 2.75) is 18.7 Å².